The topological polar surface area (TPSA) is 62.7 Å². The van der Waals surface area contributed by atoms with Crippen LogP contribution in [0.4, 0.5) is 4.39 Å². The van der Waals surface area contributed by atoms with Gasteiger partial charge in [-0.3, -0.25) is 4.79 Å². The largest absolute Gasteiger partial charge is 0.493 e. The predicted molar refractivity (Wildman–Crippen MR) is 122 cm³/mol. The van der Waals surface area contributed by atoms with Gasteiger partial charge in [-0.1, -0.05) is 34.1 Å². The van der Waals surface area contributed by atoms with Gasteiger partial charge in [0.15, 0.2) is 0 Å². The minimum atomic E-state index is -0.452. The zero-order chi connectivity index (χ0) is 21.8. The third-order valence-corrected chi connectivity index (χ3v) is 6.12. The first kappa shape index (κ1) is 21.7. The zero-order valence-electron chi connectivity index (χ0n) is 17.1. The molecule has 31 heavy (non-hydrogen) atoms. The average Bonchev–Trinajstić information content (AvgIpc) is 3.27. The number of aliphatic hydroxyl groups is 1. The van der Waals surface area contributed by atoms with Gasteiger partial charge in [-0.15, -0.1) is 0 Å². The number of carbonyl (C=O) groups is 1. The number of likely N-dealkylation sites (tertiary alicyclic amines) is 1. The van der Waals surface area contributed by atoms with Crippen LogP contribution in [0.5, 0.6) is 5.75 Å². The lowest BCUT2D eigenvalue weighted by Gasteiger charge is -2.24. The van der Waals surface area contributed by atoms with Crippen molar-refractivity contribution in [1.29, 1.82) is 0 Å². The van der Waals surface area contributed by atoms with E-state index in [1.807, 2.05) is 24.3 Å². The highest BCUT2D eigenvalue weighted by atomic mass is 79.9. The number of rotatable bonds is 7. The molecule has 1 N–H and O–H groups in total. The Balaban J connectivity index is 1.74. The van der Waals surface area contributed by atoms with E-state index in [1.165, 1.54) is 6.07 Å². The number of halogens is 2. The Morgan fingerprint density at radius 1 is 1.26 bits per heavy atom. The van der Waals surface area contributed by atoms with Crippen molar-refractivity contribution in [2.75, 3.05) is 25.1 Å². The van der Waals surface area contributed by atoms with E-state index in [0.717, 1.165) is 30.0 Å². The minimum absolute atomic E-state index is 0.0627. The minimum Gasteiger partial charge on any atom is -0.493 e. The number of aromatic nitrogens is 1. The molecule has 2 aromatic carbocycles. The Labute approximate surface area is 189 Å². The van der Waals surface area contributed by atoms with E-state index in [4.69, 9.17) is 4.74 Å². The number of hydrogen-bond donors (Lipinski definition) is 1. The number of ether oxygens (including phenoxy) is 1. The highest BCUT2D eigenvalue weighted by Gasteiger charge is 2.30. The summed E-state index contributed by atoms with van der Waals surface area (Å²) in [6, 6.07) is 13.5. The van der Waals surface area contributed by atoms with Crippen molar-refractivity contribution in [3.05, 3.63) is 59.9 Å². The molecule has 2 heterocycles. The molecule has 7 heteroatoms. The molecule has 3 aromatic rings. The summed E-state index contributed by atoms with van der Waals surface area (Å²) in [4.78, 5) is 19.7. The number of para-hydroxylation sites is 1. The Hall–Kier alpha value is -2.51. The van der Waals surface area contributed by atoms with E-state index in [9.17, 15) is 14.3 Å². The summed E-state index contributed by atoms with van der Waals surface area (Å²) in [5, 5.41) is 11.2. The molecule has 1 aliphatic rings. The van der Waals surface area contributed by atoms with Crippen LogP contribution >= 0.6 is 15.9 Å². The number of benzene rings is 2. The van der Waals surface area contributed by atoms with E-state index in [1.54, 1.807) is 23.1 Å². The van der Waals surface area contributed by atoms with Crippen LogP contribution in [-0.4, -0.2) is 52.0 Å². The molecule has 0 spiro atoms. The van der Waals surface area contributed by atoms with Gasteiger partial charge in [0.05, 0.1) is 36.0 Å². The van der Waals surface area contributed by atoms with Crippen molar-refractivity contribution in [3.8, 4) is 17.0 Å². The van der Waals surface area contributed by atoms with Crippen LogP contribution in [0.1, 0.15) is 29.6 Å². The fourth-order valence-electron chi connectivity index (χ4n) is 3.98. The molecule has 1 atom stereocenters. The summed E-state index contributed by atoms with van der Waals surface area (Å²) in [5.41, 5.74) is 1.80. The highest BCUT2D eigenvalue weighted by Crippen LogP contribution is 2.30. The molecule has 1 amide bonds. The smallest absolute Gasteiger partial charge is 0.254 e. The maximum absolute atomic E-state index is 14.9. The molecular formula is C24H24BrFN2O3. The lowest BCUT2D eigenvalue weighted by molar-refractivity contribution is 0.0679. The second-order valence-electron chi connectivity index (χ2n) is 7.58. The molecule has 0 saturated carbocycles. The van der Waals surface area contributed by atoms with Crippen LogP contribution < -0.4 is 4.74 Å². The van der Waals surface area contributed by atoms with Gasteiger partial charge in [0, 0.05) is 28.9 Å². The van der Waals surface area contributed by atoms with Crippen LogP contribution in [0, 0.1) is 5.82 Å². The molecule has 1 aliphatic heterocycles. The van der Waals surface area contributed by atoms with E-state index >= 15 is 0 Å². The van der Waals surface area contributed by atoms with E-state index in [-0.39, 0.29) is 18.6 Å². The van der Waals surface area contributed by atoms with Gasteiger partial charge in [-0.05, 0) is 43.5 Å². The van der Waals surface area contributed by atoms with Crippen LogP contribution in [0.3, 0.4) is 0 Å². The van der Waals surface area contributed by atoms with Crippen LogP contribution in [0.15, 0.2) is 48.5 Å². The average molecular weight is 487 g/mol. The number of amides is 1. The standard InChI is InChI=1S/C24H24BrFN2O3/c25-10-4-12-31-17-8-9-19(21(26)13-17)23-14-20(18-6-1-2-7-22(18)27-23)24(30)28-11-3-5-16(28)15-29/h1-2,6-9,13-14,16,29H,3-5,10-12,15H2/t16-/m0/s1. The summed E-state index contributed by atoms with van der Waals surface area (Å²) < 4.78 is 20.5. The number of fused-ring (bicyclic) bond motifs is 1. The third-order valence-electron chi connectivity index (χ3n) is 5.56. The summed E-state index contributed by atoms with van der Waals surface area (Å²) in [7, 11) is 0. The molecule has 1 saturated heterocycles. The van der Waals surface area contributed by atoms with Crippen LogP contribution in [0.2, 0.25) is 0 Å². The molecule has 0 aliphatic carbocycles. The third kappa shape index (κ3) is 4.57. The van der Waals surface area contributed by atoms with Gasteiger partial charge in [0.2, 0.25) is 0 Å². The summed E-state index contributed by atoms with van der Waals surface area (Å²) in [6.45, 7) is 1.04. The van der Waals surface area contributed by atoms with E-state index in [2.05, 4.69) is 20.9 Å². The van der Waals surface area contributed by atoms with Gasteiger partial charge in [-0.2, -0.15) is 0 Å². The second-order valence-corrected chi connectivity index (χ2v) is 8.38. The van der Waals surface area contributed by atoms with Crippen LogP contribution in [0.25, 0.3) is 22.2 Å². The molecule has 0 bridgehead atoms. The van der Waals surface area contributed by atoms with Crippen molar-refractivity contribution in [3.63, 3.8) is 0 Å². The van der Waals surface area contributed by atoms with Crippen LogP contribution in [-0.2, 0) is 0 Å². The van der Waals surface area contributed by atoms with Crippen molar-refractivity contribution >= 4 is 32.7 Å². The summed E-state index contributed by atoms with van der Waals surface area (Å²) >= 11 is 3.34. The van der Waals surface area contributed by atoms with Gasteiger partial charge in [0.25, 0.3) is 5.91 Å². The molecule has 1 aromatic heterocycles. The monoisotopic (exact) mass is 486 g/mol. The number of aliphatic hydroxyl groups excluding tert-OH is 1. The Bertz CT molecular complexity index is 1090. The fourth-order valence-corrected chi connectivity index (χ4v) is 4.20. The summed E-state index contributed by atoms with van der Waals surface area (Å²) in [6.07, 6.45) is 2.47. The Morgan fingerprint density at radius 3 is 2.87 bits per heavy atom. The van der Waals surface area contributed by atoms with Crippen molar-refractivity contribution in [2.24, 2.45) is 0 Å². The van der Waals surface area contributed by atoms with E-state index in [0.29, 0.717) is 41.2 Å². The molecule has 0 unspecified atom stereocenters. The van der Waals surface area contributed by atoms with Gasteiger partial charge in [0.1, 0.15) is 11.6 Å². The van der Waals surface area contributed by atoms with Crippen molar-refractivity contribution < 1.29 is 19.0 Å². The molecule has 0 radical (unpaired) electrons. The number of pyridine rings is 1. The quantitative estimate of drug-likeness (QED) is 0.384. The number of nitrogens with zero attached hydrogens (tertiary/aromatic N) is 2. The number of hydrogen-bond acceptors (Lipinski definition) is 4. The number of alkyl halides is 1. The first-order valence-electron chi connectivity index (χ1n) is 10.4. The summed E-state index contributed by atoms with van der Waals surface area (Å²) in [5.74, 6) is -0.152. The highest BCUT2D eigenvalue weighted by molar-refractivity contribution is 9.09. The molecule has 4 rings (SSSR count). The maximum atomic E-state index is 14.9. The first-order valence-corrected chi connectivity index (χ1v) is 11.5. The maximum Gasteiger partial charge on any atom is 0.254 e. The lowest BCUT2D eigenvalue weighted by atomic mass is 10.0. The van der Waals surface area contributed by atoms with Gasteiger partial charge in [-0.25, -0.2) is 9.37 Å². The van der Waals surface area contributed by atoms with Crippen molar-refractivity contribution in [2.45, 2.75) is 25.3 Å². The van der Waals surface area contributed by atoms with E-state index < -0.39 is 5.82 Å². The Kier molecular flexibility index (Phi) is 6.83. The molecule has 162 valence electrons. The predicted octanol–water partition coefficient (Wildman–Crippen LogP) is 4.80. The number of carbonyl (C=O) groups excluding carboxylic acids is 1. The molecule has 5 nitrogen and oxygen atoms in total. The SMILES string of the molecule is O=C(c1cc(-c2ccc(OCCCBr)cc2F)nc2ccccc12)N1CCC[C@H]1CO. The Morgan fingerprint density at radius 2 is 2.10 bits per heavy atom. The second kappa shape index (κ2) is 9.75. The van der Waals surface area contributed by atoms with Gasteiger partial charge >= 0.3 is 0 Å². The van der Waals surface area contributed by atoms with Crippen molar-refractivity contribution in [1.82, 2.24) is 9.88 Å². The molecule has 1 fully saturated rings. The zero-order valence-corrected chi connectivity index (χ0v) is 18.6. The normalized spacial score (nSPS) is 16.1. The fraction of sp³-hybridized carbons (Fsp3) is 0.333. The van der Waals surface area contributed by atoms with Gasteiger partial charge < -0.3 is 14.7 Å². The lowest BCUT2D eigenvalue weighted by Crippen LogP contribution is -2.37. The molecular weight excluding hydrogens is 463 g/mol. The first-order chi connectivity index (χ1) is 15.1.